The number of ether oxygens (including phenoxy) is 1. The van der Waals surface area contributed by atoms with Gasteiger partial charge in [-0.1, -0.05) is 13.3 Å². The van der Waals surface area contributed by atoms with Gasteiger partial charge in [0.05, 0.1) is 5.76 Å². The third-order valence-corrected chi connectivity index (χ3v) is 7.89. The Morgan fingerprint density at radius 1 is 1.35 bits per heavy atom. The van der Waals surface area contributed by atoms with Crippen molar-refractivity contribution >= 4 is 5.78 Å². The molecule has 144 valence electrons. The molecule has 0 aliphatic heterocycles. The summed E-state index contributed by atoms with van der Waals surface area (Å²) in [6, 6.07) is 0. The van der Waals surface area contributed by atoms with E-state index in [-0.39, 0.29) is 12.4 Å². The van der Waals surface area contributed by atoms with Crippen LogP contribution >= 0.6 is 0 Å². The van der Waals surface area contributed by atoms with E-state index in [4.69, 9.17) is 10.5 Å². The number of allylic oxidation sites excluding steroid dienone is 3. The average Bonchev–Trinajstić information content (AvgIpc) is 3.00. The summed E-state index contributed by atoms with van der Waals surface area (Å²) in [6.07, 6.45) is 10.4. The molecule has 4 aliphatic rings. The van der Waals surface area contributed by atoms with Gasteiger partial charge in [0.2, 0.25) is 0 Å². The molecule has 0 saturated heterocycles. The van der Waals surface area contributed by atoms with Crippen LogP contribution in [-0.4, -0.2) is 23.7 Å². The van der Waals surface area contributed by atoms with Crippen LogP contribution < -0.4 is 5.73 Å². The second-order valence-electron chi connectivity index (χ2n) is 9.35. The van der Waals surface area contributed by atoms with Gasteiger partial charge in [-0.2, -0.15) is 0 Å². The van der Waals surface area contributed by atoms with Crippen molar-refractivity contribution in [3.63, 3.8) is 0 Å². The third kappa shape index (κ3) is 3.05. The third-order valence-electron chi connectivity index (χ3n) is 7.89. The normalized spacial score (nSPS) is 42.3. The highest BCUT2D eigenvalue weighted by Gasteiger charge is 2.53. The Morgan fingerprint density at radius 3 is 2.92 bits per heavy atom. The highest BCUT2D eigenvalue weighted by molar-refractivity contribution is 5.92. The monoisotopic (exact) mass is 359 g/mol. The van der Waals surface area contributed by atoms with E-state index in [0.29, 0.717) is 23.7 Å². The Kier molecular flexibility index (Phi) is 4.77. The average molecular weight is 360 g/mol. The molecule has 0 aromatic heterocycles. The lowest BCUT2D eigenvalue weighted by Crippen LogP contribution is -2.45. The molecule has 4 rings (SSSR count). The smallest absolute Gasteiger partial charge is 0.156 e. The topological polar surface area (TPSA) is 72.6 Å². The number of nitrogens with two attached hydrogens (primary N) is 1. The lowest BCUT2D eigenvalue weighted by Gasteiger charge is -2.53. The predicted molar refractivity (Wildman–Crippen MR) is 101 cm³/mol. The van der Waals surface area contributed by atoms with Crippen molar-refractivity contribution in [2.75, 3.05) is 6.61 Å². The Labute approximate surface area is 156 Å². The van der Waals surface area contributed by atoms with E-state index in [1.807, 2.05) is 13.0 Å². The predicted octanol–water partition coefficient (Wildman–Crippen LogP) is 3.70. The maximum absolute atomic E-state index is 12.1. The lowest BCUT2D eigenvalue weighted by molar-refractivity contribution is -0.115. The molecule has 0 spiro atoms. The summed E-state index contributed by atoms with van der Waals surface area (Å²) in [5.74, 6) is 3.85. The summed E-state index contributed by atoms with van der Waals surface area (Å²) in [6.45, 7) is 4.59. The number of carbonyl (C=O) groups excluding carboxylic acids is 1. The molecular formula is C22H33NO3. The Bertz CT molecular complexity index is 650. The maximum atomic E-state index is 12.1. The fraction of sp³-hybridized carbons (Fsp3) is 0.773. The molecule has 6 atom stereocenters. The summed E-state index contributed by atoms with van der Waals surface area (Å²) >= 11 is 0. The van der Waals surface area contributed by atoms with E-state index in [2.05, 4.69) is 6.92 Å². The van der Waals surface area contributed by atoms with Gasteiger partial charge in [-0.3, -0.25) is 4.79 Å². The zero-order valence-corrected chi connectivity index (χ0v) is 16.2. The summed E-state index contributed by atoms with van der Waals surface area (Å²) < 4.78 is 5.80. The molecule has 1 unspecified atom stereocenters. The van der Waals surface area contributed by atoms with Crippen LogP contribution in [-0.2, 0) is 9.53 Å². The number of rotatable bonds is 3. The van der Waals surface area contributed by atoms with Gasteiger partial charge < -0.3 is 15.6 Å². The number of aliphatic hydroxyl groups is 1. The first-order valence-electron chi connectivity index (χ1n) is 10.4. The molecule has 4 nitrogen and oxygen atoms in total. The van der Waals surface area contributed by atoms with Crippen LogP contribution in [0.4, 0.5) is 0 Å². The molecule has 0 amide bonds. The Hall–Kier alpha value is -1.13. The second kappa shape index (κ2) is 6.79. The van der Waals surface area contributed by atoms with Crippen LogP contribution in [0.15, 0.2) is 23.0 Å². The first kappa shape index (κ1) is 18.2. The molecule has 0 aromatic carbocycles. The van der Waals surface area contributed by atoms with E-state index >= 15 is 0 Å². The van der Waals surface area contributed by atoms with Gasteiger partial charge in [0.15, 0.2) is 5.78 Å². The zero-order chi connectivity index (χ0) is 18.5. The van der Waals surface area contributed by atoms with E-state index in [1.165, 1.54) is 43.3 Å². The van der Waals surface area contributed by atoms with Crippen LogP contribution in [0.1, 0.15) is 65.2 Å². The van der Waals surface area contributed by atoms with Gasteiger partial charge in [0.1, 0.15) is 12.8 Å². The van der Waals surface area contributed by atoms with Crippen molar-refractivity contribution < 1.29 is 14.6 Å². The number of carbonyl (C=O) groups is 1. The maximum Gasteiger partial charge on any atom is 0.156 e. The van der Waals surface area contributed by atoms with Gasteiger partial charge in [-0.05, 0) is 91.8 Å². The van der Waals surface area contributed by atoms with Crippen molar-refractivity contribution in [2.45, 2.75) is 71.4 Å². The number of hydrogen-bond donors (Lipinski definition) is 2. The summed E-state index contributed by atoms with van der Waals surface area (Å²) in [7, 11) is 0. The van der Waals surface area contributed by atoms with E-state index in [1.54, 1.807) is 0 Å². The zero-order valence-electron chi connectivity index (χ0n) is 16.2. The van der Waals surface area contributed by atoms with Crippen LogP contribution in [0.3, 0.4) is 0 Å². The fourth-order valence-corrected chi connectivity index (χ4v) is 6.66. The van der Waals surface area contributed by atoms with Crippen molar-refractivity contribution in [3.05, 3.63) is 23.0 Å². The van der Waals surface area contributed by atoms with Crippen LogP contribution in [0.5, 0.6) is 0 Å². The SMILES string of the molecule is CC(OCC(N)O)=C1C[C@@H]2[C@H](CC[C@]3(C)CCC[C@@H]23)[C@H]2CCC(=O)C=C12. The molecule has 4 heteroatoms. The van der Waals surface area contributed by atoms with E-state index in [9.17, 15) is 9.90 Å². The molecular weight excluding hydrogens is 326 g/mol. The number of hydrogen-bond acceptors (Lipinski definition) is 4. The quantitative estimate of drug-likeness (QED) is 0.595. The molecule has 3 saturated carbocycles. The molecule has 0 radical (unpaired) electrons. The van der Waals surface area contributed by atoms with E-state index in [0.717, 1.165) is 30.4 Å². The van der Waals surface area contributed by atoms with Crippen molar-refractivity contribution in [1.29, 1.82) is 0 Å². The Balaban J connectivity index is 1.69. The lowest BCUT2D eigenvalue weighted by atomic mass is 9.51. The molecule has 3 N–H and O–H groups in total. The largest absolute Gasteiger partial charge is 0.494 e. The molecule has 0 aromatic rings. The number of aliphatic hydroxyl groups excluding tert-OH is 1. The highest BCUT2D eigenvalue weighted by atomic mass is 16.5. The molecule has 0 bridgehead atoms. The van der Waals surface area contributed by atoms with Gasteiger partial charge in [0, 0.05) is 6.42 Å². The van der Waals surface area contributed by atoms with Gasteiger partial charge in [-0.15, -0.1) is 0 Å². The first-order valence-corrected chi connectivity index (χ1v) is 10.4. The number of ketones is 1. The van der Waals surface area contributed by atoms with E-state index < -0.39 is 6.23 Å². The molecule has 3 fully saturated rings. The first-order chi connectivity index (χ1) is 12.4. The minimum atomic E-state index is -0.965. The minimum Gasteiger partial charge on any atom is -0.494 e. The minimum absolute atomic E-state index is 0.108. The van der Waals surface area contributed by atoms with Crippen molar-refractivity contribution in [2.24, 2.45) is 34.8 Å². The summed E-state index contributed by atoms with van der Waals surface area (Å²) in [5.41, 5.74) is 8.42. The second-order valence-corrected chi connectivity index (χ2v) is 9.35. The Morgan fingerprint density at radius 2 is 2.15 bits per heavy atom. The molecule has 4 aliphatic carbocycles. The van der Waals surface area contributed by atoms with Crippen LogP contribution in [0.2, 0.25) is 0 Å². The molecule has 0 heterocycles. The number of fused-ring (bicyclic) bond motifs is 5. The molecule has 26 heavy (non-hydrogen) atoms. The standard InChI is InChI=1S/C22H33NO3/c1-13(26-12-21(23)25)17-11-19-16(15-6-5-14(24)10-18(15)17)7-9-22(2)8-3-4-20(19)22/h10,15-16,19-21,25H,3-9,11-12,23H2,1-2H3/t15-,16-,19-,20+,21?,22+/m1/s1. The van der Waals surface area contributed by atoms with Gasteiger partial charge in [0.25, 0.3) is 0 Å². The van der Waals surface area contributed by atoms with Gasteiger partial charge >= 0.3 is 0 Å². The highest BCUT2D eigenvalue weighted by Crippen LogP contribution is 2.62. The summed E-state index contributed by atoms with van der Waals surface area (Å²) in [5, 5.41) is 9.38. The fourth-order valence-electron chi connectivity index (χ4n) is 6.66. The van der Waals surface area contributed by atoms with Gasteiger partial charge in [-0.25, -0.2) is 0 Å². The van der Waals surface area contributed by atoms with Crippen molar-refractivity contribution in [1.82, 2.24) is 0 Å². The van der Waals surface area contributed by atoms with Crippen LogP contribution in [0, 0.1) is 29.1 Å². The summed E-state index contributed by atoms with van der Waals surface area (Å²) in [4.78, 5) is 12.1. The van der Waals surface area contributed by atoms with Crippen molar-refractivity contribution in [3.8, 4) is 0 Å². The van der Waals surface area contributed by atoms with Crippen LogP contribution in [0.25, 0.3) is 0 Å².